The highest BCUT2D eigenvalue weighted by Crippen LogP contribution is 2.44. The van der Waals surface area contributed by atoms with Gasteiger partial charge in [0.15, 0.2) is 0 Å². The third-order valence-corrected chi connectivity index (χ3v) is 5.89. The van der Waals surface area contributed by atoms with E-state index in [1.165, 1.54) is 18.2 Å². The first kappa shape index (κ1) is 18.2. The molecule has 0 saturated heterocycles. The lowest BCUT2D eigenvalue weighted by molar-refractivity contribution is 0.0942. The van der Waals surface area contributed by atoms with Crippen LogP contribution in [0.5, 0.6) is 5.75 Å². The summed E-state index contributed by atoms with van der Waals surface area (Å²) in [5, 5.41) is 3.07. The molecule has 1 fully saturated rings. The van der Waals surface area contributed by atoms with Gasteiger partial charge in [-0.05, 0) is 59.7 Å². The van der Waals surface area contributed by atoms with E-state index < -0.39 is 0 Å². The van der Waals surface area contributed by atoms with Crippen LogP contribution in [0, 0.1) is 9.39 Å². The number of nitrogens with one attached hydrogen (secondary N) is 1. The van der Waals surface area contributed by atoms with Gasteiger partial charge in [-0.15, -0.1) is 0 Å². The molecule has 0 unspecified atom stereocenters. The largest absolute Gasteiger partial charge is 0.496 e. The standard InChI is InChI=1S/C20H21FINO2/c1-25-18-7-3-2-6-16(18)20(10-4-5-11-20)13-23-19(24)15-9-8-14(21)12-17(15)22/h2-3,6-9,12H,4-5,10-11,13H2,1H3,(H,23,24). The van der Waals surface area contributed by atoms with Gasteiger partial charge in [0.1, 0.15) is 11.6 Å². The molecule has 25 heavy (non-hydrogen) atoms. The van der Waals surface area contributed by atoms with Crippen LogP contribution in [-0.2, 0) is 5.41 Å². The van der Waals surface area contributed by atoms with E-state index in [0.717, 1.165) is 37.0 Å². The summed E-state index contributed by atoms with van der Waals surface area (Å²) >= 11 is 1.99. The van der Waals surface area contributed by atoms with Crippen LogP contribution in [0.2, 0.25) is 0 Å². The molecular formula is C20H21FINO2. The summed E-state index contributed by atoms with van der Waals surface area (Å²) in [7, 11) is 1.68. The molecule has 1 aliphatic rings. The molecule has 2 aromatic rings. The van der Waals surface area contributed by atoms with E-state index in [-0.39, 0.29) is 17.1 Å². The van der Waals surface area contributed by atoms with Crippen molar-refractivity contribution in [1.29, 1.82) is 0 Å². The smallest absolute Gasteiger partial charge is 0.252 e. The SMILES string of the molecule is COc1ccccc1C1(CNC(=O)c2ccc(F)cc2I)CCCC1. The molecule has 5 heteroatoms. The first-order chi connectivity index (χ1) is 12.1. The van der Waals surface area contributed by atoms with Crippen LogP contribution in [0.1, 0.15) is 41.6 Å². The molecule has 0 radical (unpaired) electrons. The maximum atomic E-state index is 13.3. The molecule has 0 atom stereocenters. The fourth-order valence-corrected chi connectivity index (χ4v) is 4.42. The van der Waals surface area contributed by atoms with Crippen LogP contribution in [0.3, 0.4) is 0 Å². The lowest BCUT2D eigenvalue weighted by Crippen LogP contribution is -2.39. The minimum absolute atomic E-state index is 0.103. The summed E-state index contributed by atoms with van der Waals surface area (Å²) in [6.45, 7) is 0.555. The Morgan fingerprint density at radius 2 is 1.96 bits per heavy atom. The number of halogens is 2. The number of para-hydroxylation sites is 1. The van der Waals surface area contributed by atoms with Crippen LogP contribution in [-0.4, -0.2) is 19.6 Å². The Balaban J connectivity index is 1.82. The highest BCUT2D eigenvalue weighted by Gasteiger charge is 2.38. The summed E-state index contributed by atoms with van der Waals surface area (Å²) in [6, 6.07) is 12.3. The van der Waals surface area contributed by atoms with Crippen LogP contribution >= 0.6 is 22.6 Å². The van der Waals surface area contributed by atoms with Crippen LogP contribution in [0.4, 0.5) is 4.39 Å². The normalized spacial score (nSPS) is 15.8. The van der Waals surface area contributed by atoms with E-state index in [9.17, 15) is 9.18 Å². The molecular weight excluding hydrogens is 432 g/mol. The number of methoxy groups -OCH3 is 1. The summed E-state index contributed by atoms with van der Waals surface area (Å²) < 4.78 is 19.4. The molecule has 1 amide bonds. The zero-order valence-corrected chi connectivity index (χ0v) is 16.3. The van der Waals surface area contributed by atoms with E-state index in [1.54, 1.807) is 7.11 Å². The zero-order valence-electron chi connectivity index (χ0n) is 14.1. The monoisotopic (exact) mass is 453 g/mol. The summed E-state index contributed by atoms with van der Waals surface area (Å²) in [5.74, 6) is 0.378. The van der Waals surface area contributed by atoms with Crippen molar-refractivity contribution in [2.45, 2.75) is 31.1 Å². The maximum Gasteiger partial charge on any atom is 0.252 e. The lowest BCUT2D eigenvalue weighted by atomic mass is 9.78. The van der Waals surface area contributed by atoms with Crippen molar-refractivity contribution in [1.82, 2.24) is 5.32 Å². The summed E-state index contributed by atoms with van der Waals surface area (Å²) in [4.78, 5) is 12.6. The second-order valence-electron chi connectivity index (χ2n) is 6.49. The molecule has 3 rings (SSSR count). The van der Waals surface area contributed by atoms with Crippen molar-refractivity contribution in [3.63, 3.8) is 0 Å². The average Bonchev–Trinajstić information content (AvgIpc) is 3.09. The van der Waals surface area contributed by atoms with Crippen LogP contribution in [0.25, 0.3) is 0 Å². The molecule has 132 valence electrons. The lowest BCUT2D eigenvalue weighted by Gasteiger charge is -2.31. The fraction of sp³-hybridized carbons (Fsp3) is 0.350. The summed E-state index contributed by atoms with van der Waals surface area (Å²) in [6.07, 6.45) is 4.33. The first-order valence-corrected chi connectivity index (χ1v) is 9.50. The van der Waals surface area contributed by atoms with Crippen molar-refractivity contribution >= 4 is 28.5 Å². The van der Waals surface area contributed by atoms with Gasteiger partial charge in [-0.3, -0.25) is 4.79 Å². The third kappa shape index (κ3) is 3.81. The third-order valence-electron chi connectivity index (χ3n) is 5.00. The van der Waals surface area contributed by atoms with Gasteiger partial charge in [-0.25, -0.2) is 4.39 Å². The summed E-state index contributed by atoms with van der Waals surface area (Å²) in [5.41, 5.74) is 1.56. The molecule has 1 aliphatic carbocycles. The second-order valence-corrected chi connectivity index (χ2v) is 7.66. The van der Waals surface area contributed by atoms with Gasteiger partial charge in [0.2, 0.25) is 0 Å². The van der Waals surface area contributed by atoms with Gasteiger partial charge in [-0.1, -0.05) is 31.0 Å². The highest BCUT2D eigenvalue weighted by atomic mass is 127. The number of hydrogen-bond donors (Lipinski definition) is 1. The maximum absolute atomic E-state index is 13.3. The number of ether oxygens (including phenoxy) is 1. The zero-order chi connectivity index (χ0) is 17.9. The fourth-order valence-electron chi connectivity index (χ4n) is 3.69. The van der Waals surface area contributed by atoms with Crippen molar-refractivity contribution < 1.29 is 13.9 Å². The minimum Gasteiger partial charge on any atom is -0.496 e. The number of carbonyl (C=O) groups is 1. The predicted molar refractivity (Wildman–Crippen MR) is 105 cm³/mol. The molecule has 1 N–H and O–H groups in total. The Hall–Kier alpha value is -1.63. The molecule has 1 saturated carbocycles. The Labute approximate surface area is 161 Å². The second kappa shape index (κ2) is 7.72. The number of hydrogen-bond acceptors (Lipinski definition) is 2. The molecule has 0 spiro atoms. The van der Waals surface area contributed by atoms with Crippen molar-refractivity contribution in [3.8, 4) is 5.75 Å². The van der Waals surface area contributed by atoms with Gasteiger partial charge in [0.25, 0.3) is 5.91 Å². The Kier molecular flexibility index (Phi) is 5.61. The Morgan fingerprint density at radius 1 is 1.24 bits per heavy atom. The number of amides is 1. The van der Waals surface area contributed by atoms with Crippen LogP contribution in [0.15, 0.2) is 42.5 Å². The van der Waals surface area contributed by atoms with E-state index in [0.29, 0.717) is 15.7 Å². The number of benzene rings is 2. The average molecular weight is 453 g/mol. The van der Waals surface area contributed by atoms with Gasteiger partial charge in [0.05, 0.1) is 12.7 Å². The van der Waals surface area contributed by atoms with Gasteiger partial charge >= 0.3 is 0 Å². The van der Waals surface area contributed by atoms with Crippen molar-refractivity contribution in [2.75, 3.05) is 13.7 Å². The highest BCUT2D eigenvalue weighted by molar-refractivity contribution is 14.1. The topological polar surface area (TPSA) is 38.3 Å². The molecule has 3 nitrogen and oxygen atoms in total. The van der Waals surface area contributed by atoms with E-state index in [1.807, 2.05) is 40.8 Å². The number of carbonyl (C=O) groups excluding carboxylic acids is 1. The van der Waals surface area contributed by atoms with Gasteiger partial charge < -0.3 is 10.1 Å². The van der Waals surface area contributed by atoms with Gasteiger partial charge in [0, 0.05) is 21.1 Å². The Morgan fingerprint density at radius 3 is 2.64 bits per heavy atom. The van der Waals surface area contributed by atoms with E-state index >= 15 is 0 Å². The predicted octanol–water partition coefficient (Wildman–Crippen LogP) is 4.68. The van der Waals surface area contributed by atoms with E-state index in [2.05, 4.69) is 11.4 Å². The van der Waals surface area contributed by atoms with Gasteiger partial charge in [-0.2, -0.15) is 0 Å². The van der Waals surface area contributed by atoms with Crippen LogP contribution < -0.4 is 10.1 Å². The molecule has 0 aromatic heterocycles. The molecule has 2 aromatic carbocycles. The molecule has 0 aliphatic heterocycles. The van der Waals surface area contributed by atoms with Crippen molar-refractivity contribution in [3.05, 3.63) is 63.0 Å². The quantitative estimate of drug-likeness (QED) is 0.668. The molecule has 0 bridgehead atoms. The minimum atomic E-state index is -0.331. The van der Waals surface area contributed by atoms with E-state index in [4.69, 9.17) is 4.74 Å². The number of rotatable bonds is 5. The molecule has 0 heterocycles. The van der Waals surface area contributed by atoms with Crippen molar-refractivity contribution in [2.24, 2.45) is 0 Å². The Bertz CT molecular complexity index is 772. The first-order valence-electron chi connectivity index (χ1n) is 8.42.